The molecule has 0 aromatic heterocycles. The number of hydrogen-bond donors (Lipinski definition) is 0. The summed E-state index contributed by atoms with van der Waals surface area (Å²) in [5.41, 5.74) is 0.966. The number of amides is 2. The van der Waals surface area contributed by atoms with Crippen LogP contribution in [0.15, 0.2) is 59.5 Å². The second-order valence-corrected chi connectivity index (χ2v) is 6.71. The van der Waals surface area contributed by atoms with Crippen molar-refractivity contribution in [3.8, 4) is 0 Å². The fourth-order valence-electron chi connectivity index (χ4n) is 2.43. The molecule has 0 unspecified atom stereocenters. The van der Waals surface area contributed by atoms with Crippen LogP contribution in [-0.4, -0.2) is 24.5 Å². The molecule has 6 heteroatoms. The lowest BCUT2D eigenvalue weighted by molar-refractivity contribution is -0.124. The van der Waals surface area contributed by atoms with Gasteiger partial charge in [0.2, 0.25) is 5.91 Å². The molecule has 5 nitrogen and oxygen atoms in total. The van der Waals surface area contributed by atoms with Gasteiger partial charge in [0, 0.05) is 6.42 Å². The molecule has 0 saturated heterocycles. The van der Waals surface area contributed by atoms with E-state index in [0.29, 0.717) is 10.7 Å². The summed E-state index contributed by atoms with van der Waals surface area (Å²) in [7, 11) is -4.06. The Morgan fingerprint density at radius 1 is 0.955 bits per heavy atom. The van der Waals surface area contributed by atoms with Crippen LogP contribution in [-0.2, 0) is 21.2 Å². The number of carbonyl (C=O) groups is 2. The monoisotopic (exact) mass is 315 g/mol. The highest BCUT2D eigenvalue weighted by atomic mass is 32.2. The fourth-order valence-corrected chi connectivity index (χ4v) is 3.99. The molecule has 22 heavy (non-hydrogen) atoms. The average Bonchev–Trinajstić information content (AvgIpc) is 2.73. The summed E-state index contributed by atoms with van der Waals surface area (Å²) in [6.07, 6.45) is 0.346. The lowest BCUT2D eigenvalue weighted by atomic mass is 10.1. The number of rotatable bonds is 3. The van der Waals surface area contributed by atoms with Gasteiger partial charge in [0.25, 0.3) is 15.9 Å². The van der Waals surface area contributed by atoms with Gasteiger partial charge in [-0.15, -0.1) is 0 Å². The molecule has 0 N–H and O–H groups in total. The predicted octanol–water partition coefficient (Wildman–Crippen LogP) is 1.99. The van der Waals surface area contributed by atoms with Gasteiger partial charge in [0.05, 0.1) is 5.56 Å². The van der Waals surface area contributed by atoms with E-state index in [0.717, 1.165) is 5.56 Å². The van der Waals surface area contributed by atoms with Crippen molar-refractivity contribution >= 4 is 21.8 Å². The highest BCUT2D eigenvalue weighted by molar-refractivity contribution is 7.90. The molecular formula is C16H13NO4S. The summed E-state index contributed by atoms with van der Waals surface area (Å²) in [6, 6.07) is 15.1. The Labute approximate surface area is 128 Å². The average molecular weight is 315 g/mol. The van der Waals surface area contributed by atoms with Gasteiger partial charge in [0.1, 0.15) is 4.90 Å². The van der Waals surface area contributed by atoms with Crippen molar-refractivity contribution in [3.05, 3.63) is 65.7 Å². The van der Waals surface area contributed by atoms with E-state index in [2.05, 4.69) is 0 Å². The molecule has 0 aliphatic carbocycles. The normalized spacial score (nSPS) is 15.6. The molecule has 3 rings (SSSR count). The second kappa shape index (κ2) is 5.38. The summed E-state index contributed by atoms with van der Waals surface area (Å²) in [5.74, 6) is -1.47. The molecule has 0 spiro atoms. The molecule has 1 aliphatic rings. The molecule has 2 aromatic carbocycles. The molecule has 1 aliphatic heterocycles. The SMILES string of the molecule is O=C(CCc1ccccc1)N1C(=O)c2ccccc2S1(=O)=O. The Morgan fingerprint density at radius 2 is 1.59 bits per heavy atom. The topological polar surface area (TPSA) is 71.5 Å². The summed E-state index contributed by atoms with van der Waals surface area (Å²) >= 11 is 0. The number of nitrogens with zero attached hydrogens (tertiary/aromatic N) is 1. The van der Waals surface area contributed by atoms with E-state index in [1.165, 1.54) is 18.2 Å². The minimum absolute atomic E-state index is 0.0387. The fraction of sp³-hybridized carbons (Fsp3) is 0.125. The van der Waals surface area contributed by atoms with Gasteiger partial charge in [-0.05, 0) is 24.1 Å². The van der Waals surface area contributed by atoms with Crippen molar-refractivity contribution in [1.29, 1.82) is 0 Å². The molecule has 2 aromatic rings. The van der Waals surface area contributed by atoms with Gasteiger partial charge in [-0.25, -0.2) is 8.42 Å². The van der Waals surface area contributed by atoms with E-state index >= 15 is 0 Å². The third-order valence-electron chi connectivity index (χ3n) is 3.52. The zero-order valence-corrected chi connectivity index (χ0v) is 12.4. The zero-order chi connectivity index (χ0) is 15.7. The van der Waals surface area contributed by atoms with Crippen LogP contribution in [0, 0.1) is 0 Å². The van der Waals surface area contributed by atoms with E-state index in [1.807, 2.05) is 30.3 Å². The largest absolute Gasteiger partial charge is 0.276 e. The maximum absolute atomic E-state index is 12.3. The van der Waals surface area contributed by atoms with Crippen LogP contribution < -0.4 is 0 Å². The maximum atomic E-state index is 12.3. The van der Waals surface area contributed by atoms with Crippen molar-refractivity contribution in [3.63, 3.8) is 0 Å². The number of imide groups is 1. The van der Waals surface area contributed by atoms with Gasteiger partial charge in [-0.2, -0.15) is 4.31 Å². The maximum Gasteiger partial charge on any atom is 0.276 e. The Hall–Kier alpha value is -2.47. The van der Waals surface area contributed by atoms with Gasteiger partial charge in [0.15, 0.2) is 0 Å². The number of sulfonamides is 1. The number of carbonyl (C=O) groups excluding carboxylic acids is 2. The molecule has 1 heterocycles. The third kappa shape index (κ3) is 2.31. The van der Waals surface area contributed by atoms with E-state index in [4.69, 9.17) is 0 Å². The predicted molar refractivity (Wildman–Crippen MR) is 79.6 cm³/mol. The van der Waals surface area contributed by atoms with Crippen LogP contribution >= 0.6 is 0 Å². The number of benzene rings is 2. The molecule has 0 saturated carbocycles. The smallest absolute Gasteiger partial charge is 0.273 e. The van der Waals surface area contributed by atoms with Crippen molar-refractivity contribution in [1.82, 2.24) is 4.31 Å². The van der Waals surface area contributed by atoms with Gasteiger partial charge >= 0.3 is 0 Å². The summed E-state index contributed by atoms with van der Waals surface area (Å²) < 4.78 is 25.1. The number of hydrogen-bond acceptors (Lipinski definition) is 4. The Morgan fingerprint density at radius 3 is 2.27 bits per heavy atom. The van der Waals surface area contributed by atoms with Crippen molar-refractivity contribution in [2.24, 2.45) is 0 Å². The zero-order valence-electron chi connectivity index (χ0n) is 11.6. The molecule has 0 radical (unpaired) electrons. The quantitative estimate of drug-likeness (QED) is 0.868. The Kier molecular flexibility index (Phi) is 3.54. The molecule has 0 bridgehead atoms. The first-order valence-electron chi connectivity index (χ1n) is 6.77. The highest BCUT2D eigenvalue weighted by Gasteiger charge is 2.44. The van der Waals surface area contributed by atoms with E-state index in [9.17, 15) is 18.0 Å². The Balaban J connectivity index is 1.84. The van der Waals surface area contributed by atoms with Crippen molar-refractivity contribution < 1.29 is 18.0 Å². The van der Waals surface area contributed by atoms with Crippen molar-refractivity contribution in [2.45, 2.75) is 17.7 Å². The first-order valence-corrected chi connectivity index (χ1v) is 8.21. The van der Waals surface area contributed by atoms with Crippen LogP contribution in [0.2, 0.25) is 0 Å². The van der Waals surface area contributed by atoms with Crippen LogP contribution in [0.4, 0.5) is 0 Å². The second-order valence-electron chi connectivity index (χ2n) is 4.95. The third-order valence-corrected chi connectivity index (χ3v) is 5.28. The molecule has 2 amide bonds. The minimum Gasteiger partial charge on any atom is -0.273 e. The van der Waals surface area contributed by atoms with Crippen molar-refractivity contribution in [2.75, 3.05) is 0 Å². The number of fused-ring (bicyclic) bond motifs is 1. The van der Waals surface area contributed by atoms with Gasteiger partial charge < -0.3 is 0 Å². The lowest BCUT2D eigenvalue weighted by Crippen LogP contribution is -2.36. The molecule has 0 atom stereocenters. The molecule has 112 valence electrons. The first kappa shape index (κ1) is 14.5. The lowest BCUT2D eigenvalue weighted by Gasteiger charge is -2.13. The van der Waals surface area contributed by atoms with Crippen LogP contribution in [0.1, 0.15) is 22.3 Å². The minimum atomic E-state index is -4.06. The van der Waals surface area contributed by atoms with Crippen LogP contribution in [0.3, 0.4) is 0 Å². The standard InChI is InChI=1S/C16H13NO4S/c18-15(11-10-12-6-2-1-3-7-12)17-16(19)13-8-4-5-9-14(13)22(17,20)21/h1-9H,10-11H2. The Bertz CT molecular complexity index is 843. The molecular weight excluding hydrogens is 302 g/mol. The highest BCUT2D eigenvalue weighted by Crippen LogP contribution is 2.30. The summed E-state index contributed by atoms with van der Waals surface area (Å²) in [6.45, 7) is 0. The summed E-state index contributed by atoms with van der Waals surface area (Å²) in [5, 5.41) is 0. The van der Waals surface area contributed by atoms with Gasteiger partial charge in [-0.3, -0.25) is 9.59 Å². The molecule has 0 fully saturated rings. The van der Waals surface area contributed by atoms with E-state index in [-0.39, 0.29) is 16.9 Å². The van der Waals surface area contributed by atoms with E-state index < -0.39 is 21.8 Å². The van der Waals surface area contributed by atoms with Gasteiger partial charge in [-0.1, -0.05) is 42.5 Å². The van der Waals surface area contributed by atoms with Crippen LogP contribution in [0.5, 0.6) is 0 Å². The van der Waals surface area contributed by atoms with Crippen LogP contribution in [0.25, 0.3) is 0 Å². The number of aryl methyl sites for hydroxylation is 1. The summed E-state index contributed by atoms with van der Waals surface area (Å²) in [4.78, 5) is 24.3. The van der Waals surface area contributed by atoms with E-state index in [1.54, 1.807) is 6.07 Å². The first-order chi connectivity index (χ1) is 10.5.